The maximum Gasteiger partial charge on any atom is 0.410 e. The minimum absolute atomic E-state index is 0.247. The van der Waals surface area contributed by atoms with Gasteiger partial charge in [0.2, 0.25) is 0 Å². The fraction of sp³-hybridized carbons (Fsp3) is 0.475. The summed E-state index contributed by atoms with van der Waals surface area (Å²) < 4.78 is 24.2. The van der Waals surface area contributed by atoms with Crippen LogP contribution in [-0.4, -0.2) is 73.0 Å². The molecule has 3 aromatic rings. The van der Waals surface area contributed by atoms with Gasteiger partial charge in [-0.05, 0) is 81.3 Å². The number of rotatable bonds is 14. The molecule has 0 spiro atoms. The summed E-state index contributed by atoms with van der Waals surface area (Å²) in [7, 11) is 1.51. The summed E-state index contributed by atoms with van der Waals surface area (Å²) in [5, 5.41) is 10.9. The van der Waals surface area contributed by atoms with Crippen LogP contribution in [0.3, 0.4) is 0 Å². The lowest BCUT2D eigenvalue weighted by Crippen LogP contribution is -2.44. The molecule has 2 amide bonds. The molecule has 0 saturated heterocycles. The number of ether oxygens (including phenoxy) is 4. The molecular weight excluding hydrogens is 707 g/mol. The molecule has 0 saturated carbocycles. The Labute approximate surface area is 316 Å². The van der Waals surface area contributed by atoms with Crippen molar-refractivity contribution in [3.8, 4) is 11.5 Å². The summed E-state index contributed by atoms with van der Waals surface area (Å²) >= 11 is 12.9. The molecule has 3 aromatic carbocycles. The number of benzene rings is 3. The number of carbonyl (C=O) groups is 3. The van der Waals surface area contributed by atoms with Crippen LogP contribution in [0.15, 0.2) is 60.7 Å². The summed E-state index contributed by atoms with van der Waals surface area (Å²) in [6.07, 6.45) is -1.21. The zero-order valence-electron chi connectivity index (χ0n) is 31.0. The van der Waals surface area contributed by atoms with Gasteiger partial charge in [-0.2, -0.15) is 0 Å². The number of carbonyl (C=O) groups excluding carboxylic acids is 2. The third-order valence-corrected chi connectivity index (χ3v) is 8.81. The molecule has 0 fully saturated rings. The van der Waals surface area contributed by atoms with E-state index in [2.05, 4.69) is 0 Å². The first-order chi connectivity index (χ1) is 24.5. The first-order valence-electron chi connectivity index (χ1n) is 17.5. The fourth-order valence-corrected chi connectivity index (χ4v) is 6.44. The molecule has 1 aliphatic heterocycles. The Bertz CT molecular complexity index is 1720. The Morgan fingerprint density at radius 3 is 2.31 bits per heavy atom. The Hall–Kier alpha value is -3.99. The predicted molar refractivity (Wildman–Crippen MR) is 203 cm³/mol. The number of para-hydroxylation sites is 1. The fourth-order valence-electron chi connectivity index (χ4n) is 6.03. The van der Waals surface area contributed by atoms with Crippen molar-refractivity contribution in [2.24, 2.45) is 5.41 Å². The van der Waals surface area contributed by atoms with Crippen LogP contribution in [0.4, 0.5) is 10.5 Å². The van der Waals surface area contributed by atoms with Crippen molar-refractivity contribution < 1.29 is 38.4 Å². The van der Waals surface area contributed by atoms with Crippen LogP contribution in [0.5, 0.6) is 11.5 Å². The minimum atomic E-state index is -1.28. The van der Waals surface area contributed by atoms with Crippen molar-refractivity contribution in [1.29, 1.82) is 0 Å². The molecule has 0 unspecified atom stereocenters. The number of carboxylic acids is 1. The highest BCUT2D eigenvalue weighted by atomic mass is 35.5. The molecule has 0 radical (unpaired) electrons. The number of carboxylic acid groups (broad SMARTS) is 1. The molecule has 1 aliphatic rings. The van der Waals surface area contributed by atoms with E-state index in [4.69, 9.17) is 42.1 Å². The third-order valence-electron chi connectivity index (χ3n) is 8.21. The topological polar surface area (TPSA) is 115 Å². The van der Waals surface area contributed by atoms with Gasteiger partial charge in [-0.15, -0.1) is 0 Å². The second-order valence-corrected chi connectivity index (χ2v) is 15.9. The summed E-state index contributed by atoms with van der Waals surface area (Å²) in [5.74, 6) is -0.819. The van der Waals surface area contributed by atoms with Crippen molar-refractivity contribution in [1.82, 2.24) is 4.90 Å². The van der Waals surface area contributed by atoms with Gasteiger partial charge >= 0.3 is 12.1 Å². The van der Waals surface area contributed by atoms with Crippen LogP contribution >= 0.6 is 23.2 Å². The van der Waals surface area contributed by atoms with Gasteiger partial charge in [0, 0.05) is 46.5 Å². The quantitative estimate of drug-likeness (QED) is 0.162. The maximum absolute atomic E-state index is 13.9. The lowest BCUT2D eigenvalue weighted by molar-refractivity contribution is -0.147. The summed E-state index contributed by atoms with van der Waals surface area (Å²) in [5.41, 5.74) is 1.78. The van der Waals surface area contributed by atoms with Crippen molar-refractivity contribution in [3.63, 3.8) is 0 Å². The molecule has 52 heavy (non-hydrogen) atoms. The van der Waals surface area contributed by atoms with Gasteiger partial charge in [0.05, 0.1) is 20.1 Å². The van der Waals surface area contributed by atoms with Crippen LogP contribution in [0.25, 0.3) is 0 Å². The predicted octanol–water partition coefficient (Wildman–Crippen LogP) is 8.98. The molecule has 1 N–H and O–H groups in total. The number of fused-ring (bicyclic) bond motifs is 1. The Morgan fingerprint density at radius 1 is 0.942 bits per heavy atom. The van der Waals surface area contributed by atoms with E-state index in [0.717, 1.165) is 5.56 Å². The SMILES string of the molecule is COc1c(OCCCN(CCCc2ccccc2Cl)C(=O)OC(C)(C)C)cccc1[C@@H]1O[C@@H](CC(=O)O)C(=O)N(CC(C)(C)C)c2ccc(Cl)cc21. The molecule has 0 bridgehead atoms. The minimum Gasteiger partial charge on any atom is -0.492 e. The summed E-state index contributed by atoms with van der Waals surface area (Å²) in [6.45, 7) is 12.9. The standard InChI is InChI=1S/C40H50Cl2N2O8/c1-39(2,3)25-44-31-19-18-27(41)23-29(31)35(51-33(37(44)47)24-34(45)46)28-15-10-17-32(36(28)49-7)50-22-12-21-43(38(48)52-40(4,5)6)20-11-14-26-13-8-9-16-30(26)42/h8-10,13,15-19,23,33,35H,11-12,14,20-22,24-25H2,1-7H3,(H,45,46)/t33-,35-/m0/s1. The number of hydrogen-bond acceptors (Lipinski definition) is 7. The third kappa shape index (κ3) is 11.3. The smallest absolute Gasteiger partial charge is 0.410 e. The number of halogens is 2. The molecule has 0 aliphatic carbocycles. The number of aliphatic carboxylic acids is 1. The Kier molecular flexibility index (Phi) is 13.9. The van der Waals surface area contributed by atoms with E-state index < -0.39 is 42.2 Å². The normalized spacial score (nSPS) is 16.2. The van der Waals surface area contributed by atoms with E-state index in [1.165, 1.54) is 7.11 Å². The lowest BCUT2D eigenvalue weighted by atomic mass is 9.94. The molecule has 282 valence electrons. The van der Waals surface area contributed by atoms with Gasteiger partial charge in [0.1, 0.15) is 17.8 Å². The van der Waals surface area contributed by atoms with Crippen LogP contribution in [-0.2, 0) is 25.5 Å². The molecule has 4 rings (SSSR count). The molecule has 12 heteroatoms. The van der Waals surface area contributed by atoms with Crippen LogP contribution in [0.2, 0.25) is 10.0 Å². The highest BCUT2D eigenvalue weighted by Gasteiger charge is 2.40. The molecule has 0 aromatic heterocycles. The average molecular weight is 758 g/mol. The number of amides is 2. The average Bonchev–Trinajstić information content (AvgIpc) is 3.15. The monoisotopic (exact) mass is 756 g/mol. The summed E-state index contributed by atoms with van der Waals surface area (Å²) in [4.78, 5) is 42.3. The van der Waals surface area contributed by atoms with Crippen molar-refractivity contribution in [3.05, 3.63) is 87.4 Å². The molecular formula is C40H50Cl2N2O8. The Balaban J connectivity index is 1.57. The van der Waals surface area contributed by atoms with Crippen molar-refractivity contribution in [2.45, 2.75) is 85.0 Å². The maximum atomic E-state index is 13.9. The molecule has 10 nitrogen and oxygen atoms in total. The van der Waals surface area contributed by atoms with Gasteiger partial charge in [-0.1, -0.05) is 74.3 Å². The largest absolute Gasteiger partial charge is 0.492 e. The summed E-state index contributed by atoms with van der Waals surface area (Å²) in [6, 6.07) is 18.2. The molecule has 2 atom stereocenters. The lowest BCUT2D eigenvalue weighted by Gasteiger charge is -2.31. The number of hydrogen-bond donors (Lipinski definition) is 1. The van der Waals surface area contributed by atoms with Crippen molar-refractivity contribution in [2.75, 3.05) is 38.3 Å². The molecule has 1 heterocycles. The second-order valence-electron chi connectivity index (χ2n) is 15.0. The van der Waals surface area contributed by atoms with Gasteiger partial charge < -0.3 is 33.9 Å². The van der Waals surface area contributed by atoms with Gasteiger partial charge in [0.25, 0.3) is 5.91 Å². The first-order valence-corrected chi connectivity index (χ1v) is 18.2. The Morgan fingerprint density at radius 2 is 1.65 bits per heavy atom. The van der Waals surface area contributed by atoms with Crippen LogP contribution < -0.4 is 14.4 Å². The van der Waals surface area contributed by atoms with Gasteiger partial charge in [0.15, 0.2) is 11.5 Å². The van der Waals surface area contributed by atoms with Crippen molar-refractivity contribution >= 4 is 46.9 Å². The number of aryl methyl sites for hydroxylation is 1. The highest BCUT2D eigenvalue weighted by molar-refractivity contribution is 6.31. The number of methoxy groups -OCH3 is 1. The second kappa shape index (κ2) is 17.7. The van der Waals surface area contributed by atoms with E-state index in [-0.39, 0.29) is 12.0 Å². The van der Waals surface area contributed by atoms with Gasteiger partial charge in [-0.3, -0.25) is 9.59 Å². The number of nitrogens with zero attached hydrogens (tertiary/aromatic N) is 2. The van der Waals surface area contributed by atoms with E-state index in [0.29, 0.717) is 77.3 Å². The highest BCUT2D eigenvalue weighted by Crippen LogP contribution is 2.45. The van der Waals surface area contributed by atoms with Gasteiger partial charge in [-0.25, -0.2) is 4.79 Å². The van der Waals surface area contributed by atoms with Crippen LogP contribution in [0.1, 0.15) is 83.6 Å². The van der Waals surface area contributed by atoms with E-state index in [1.807, 2.05) is 65.8 Å². The zero-order valence-corrected chi connectivity index (χ0v) is 32.6. The van der Waals surface area contributed by atoms with E-state index in [1.54, 1.807) is 46.2 Å². The van der Waals surface area contributed by atoms with E-state index >= 15 is 0 Å². The van der Waals surface area contributed by atoms with Crippen LogP contribution in [0, 0.1) is 5.41 Å². The van der Waals surface area contributed by atoms with E-state index in [9.17, 15) is 19.5 Å². The zero-order chi connectivity index (χ0) is 38.2. The first kappa shape index (κ1) is 40.8. The number of anilines is 1.